The summed E-state index contributed by atoms with van der Waals surface area (Å²) in [6, 6.07) is 1.79. The van der Waals surface area contributed by atoms with Crippen molar-refractivity contribution in [3.63, 3.8) is 0 Å². The summed E-state index contributed by atoms with van der Waals surface area (Å²) in [7, 11) is 1.60. The largest absolute Gasteiger partial charge is 0.377 e. The van der Waals surface area contributed by atoms with Gasteiger partial charge >= 0.3 is 0 Å². The SMILES string of the molecule is CCn1c(-c2cc(COC)on2)n[nH]c1=S. The highest BCUT2D eigenvalue weighted by Gasteiger charge is 2.12. The van der Waals surface area contributed by atoms with Gasteiger partial charge in [0.2, 0.25) is 0 Å². The lowest BCUT2D eigenvalue weighted by Gasteiger charge is -1.97. The topological polar surface area (TPSA) is 68.9 Å². The number of rotatable bonds is 4. The van der Waals surface area contributed by atoms with Crippen LogP contribution >= 0.6 is 12.2 Å². The molecule has 2 aromatic rings. The molecule has 86 valence electrons. The minimum atomic E-state index is 0.393. The Morgan fingerprint density at radius 2 is 2.44 bits per heavy atom. The quantitative estimate of drug-likeness (QED) is 0.825. The van der Waals surface area contributed by atoms with Crippen LogP contribution in [-0.2, 0) is 17.9 Å². The lowest BCUT2D eigenvalue weighted by Crippen LogP contribution is -1.97. The first kappa shape index (κ1) is 11.0. The Morgan fingerprint density at radius 3 is 3.12 bits per heavy atom. The normalized spacial score (nSPS) is 10.9. The minimum Gasteiger partial charge on any atom is -0.377 e. The Balaban J connectivity index is 2.38. The Labute approximate surface area is 97.2 Å². The first-order valence-corrected chi connectivity index (χ1v) is 5.27. The van der Waals surface area contributed by atoms with Gasteiger partial charge in [0.15, 0.2) is 22.0 Å². The van der Waals surface area contributed by atoms with Gasteiger partial charge < -0.3 is 9.26 Å². The maximum absolute atomic E-state index is 5.09. The van der Waals surface area contributed by atoms with Crippen molar-refractivity contribution in [3.05, 3.63) is 16.6 Å². The first-order valence-electron chi connectivity index (χ1n) is 4.86. The molecule has 1 N–H and O–H groups in total. The van der Waals surface area contributed by atoms with Crippen LogP contribution in [0.5, 0.6) is 0 Å². The number of hydrogen-bond acceptors (Lipinski definition) is 5. The summed E-state index contributed by atoms with van der Waals surface area (Å²) in [5, 5.41) is 10.8. The molecule has 0 radical (unpaired) electrons. The number of nitrogens with zero attached hydrogens (tertiary/aromatic N) is 3. The number of methoxy groups -OCH3 is 1. The van der Waals surface area contributed by atoms with Gasteiger partial charge in [-0.1, -0.05) is 5.16 Å². The van der Waals surface area contributed by atoms with Crippen molar-refractivity contribution in [1.29, 1.82) is 0 Å². The van der Waals surface area contributed by atoms with Gasteiger partial charge in [-0.15, -0.1) is 0 Å². The summed E-state index contributed by atoms with van der Waals surface area (Å²) in [6.45, 7) is 3.12. The van der Waals surface area contributed by atoms with Crippen LogP contribution in [0.2, 0.25) is 0 Å². The predicted molar refractivity (Wildman–Crippen MR) is 59.3 cm³/mol. The van der Waals surface area contributed by atoms with Crippen LogP contribution in [-0.4, -0.2) is 27.0 Å². The van der Waals surface area contributed by atoms with Crippen molar-refractivity contribution in [2.45, 2.75) is 20.1 Å². The van der Waals surface area contributed by atoms with Gasteiger partial charge in [-0.25, -0.2) is 0 Å². The van der Waals surface area contributed by atoms with Crippen molar-refractivity contribution in [2.24, 2.45) is 0 Å². The third kappa shape index (κ3) is 1.91. The fourth-order valence-electron chi connectivity index (χ4n) is 1.44. The highest BCUT2D eigenvalue weighted by Crippen LogP contribution is 2.17. The zero-order chi connectivity index (χ0) is 11.5. The van der Waals surface area contributed by atoms with E-state index in [1.165, 1.54) is 0 Å². The van der Waals surface area contributed by atoms with E-state index < -0.39 is 0 Å². The van der Waals surface area contributed by atoms with E-state index in [1.807, 2.05) is 11.5 Å². The van der Waals surface area contributed by atoms with Gasteiger partial charge in [0.25, 0.3) is 0 Å². The van der Waals surface area contributed by atoms with Gasteiger partial charge in [0, 0.05) is 19.7 Å². The molecule has 0 unspecified atom stereocenters. The number of H-pyrrole nitrogens is 1. The zero-order valence-corrected chi connectivity index (χ0v) is 9.87. The summed E-state index contributed by atoms with van der Waals surface area (Å²) in [4.78, 5) is 0. The molecule has 6 nitrogen and oxygen atoms in total. The Kier molecular flexibility index (Phi) is 3.16. The van der Waals surface area contributed by atoms with Crippen LogP contribution in [0.15, 0.2) is 10.6 Å². The summed E-state index contributed by atoms with van der Waals surface area (Å²) >= 11 is 5.09. The molecule has 0 spiro atoms. The minimum absolute atomic E-state index is 0.393. The molecule has 0 amide bonds. The van der Waals surface area contributed by atoms with E-state index in [2.05, 4.69) is 15.4 Å². The molecule has 0 saturated heterocycles. The van der Waals surface area contributed by atoms with Crippen molar-refractivity contribution < 1.29 is 9.26 Å². The van der Waals surface area contributed by atoms with Crippen molar-refractivity contribution in [1.82, 2.24) is 19.9 Å². The molecule has 0 aliphatic heterocycles. The molecule has 0 saturated carbocycles. The molecule has 0 fully saturated rings. The first-order chi connectivity index (χ1) is 7.76. The molecule has 0 aliphatic rings. The molecule has 2 heterocycles. The second kappa shape index (κ2) is 4.58. The van der Waals surface area contributed by atoms with E-state index in [1.54, 1.807) is 13.2 Å². The molecule has 2 aromatic heterocycles. The molecule has 7 heteroatoms. The van der Waals surface area contributed by atoms with Gasteiger partial charge in [-0.05, 0) is 19.1 Å². The molecular formula is C9H12N4O2S. The van der Waals surface area contributed by atoms with E-state index >= 15 is 0 Å². The fraction of sp³-hybridized carbons (Fsp3) is 0.444. The van der Waals surface area contributed by atoms with Gasteiger partial charge in [-0.3, -0.25) is 9.67 Å². The highest BCUT2D eigenvalue weighted by molar-refractivity contribution is 7.71. The molecule has 0 atom stereocenters. The van der Waals surface area contributed by atoms with Crippen molar-refractivity contribution in [2.75, 3.05) is 7.11 Å². The second-order valence-corrected chi connectivity index (χ2v) is 3.59. The van der Waals surface area contributed by atoms with Gasteiger partial charge in [0.05, 0.1) is 0 Å². The van der Waals surface area contributed by atoms with Crippen LogP contribution in [0.3, 0.4) is 0 Å². The number of aromatic amines is 1. The molecule has 0 aliphatic carbocycles. The average Bonchev–Trinajstić information content (AvgIpc) is 2.85. The average molecular weight is 240 g/mol. The number of hydrogen-bond donors (Lipinski definition) is 1. The molecule has 0 bridgehead atoms. The van der Waals surface area contributed by atoms with Crippen molar-refractivity contribution in [3.8, 4) is 11.5 Å². The molecule has 16 heavy (non-hydrogen) atoms. The summed E-state index contributed by atoms with van der Waals surface area (Å²) in [5.74, 6) is 1.34. The summed E-state index contributed by atoms with van der Waals surface area (Å²) in [5.41, 5.74) is 0.654. The number of ether oxygens (including phenoxy) is 1. The Hall–Kier alpha value is -1.47. The Morgan fingerprint density at radius 1 is 1.62 bits per heavy atom. The molecular weight excluding hydrogens is 228 g/mol. The second-order valence-electron chi connectivity index (χ2n) is 3.21. The van der Waals surface area contributed by atoms with Crippen LogP contribution < -0.4 is 0 Å². The van der Waals surface area contributed by atoms with Crippen LogP contribution in [0.25, 0.3) is 11.5 Å². The smallest absolute Gasteiger partial charge is 0.195 e. The summed E-state index contributed by atoms with van der Waals surface area (Å²) < 4.78 is 12.5. The number of aromatic nitrogens is 4. The van der Waals surface area contributed by atoms with E-state index in [4.69, 9.17) is 21.5 Å². The van der Waals surface area contributed by atoms with Crippen LogP contribution in [0, 0.1) is 4.77 Å². The van der Waals surface area contributed by atoms with Crippen LogP contribution in [0.4, 0.5) is 0 Å². The van der Waals surface area contributed by atoms with Gasteiger partial charge in [0.1, 0.15) is 6.61 Å². The van der Waals surface area contributed by atoms with Crippen LogP contribution in [0.1, 0.15) is 12.7 Å². The van der Waals surface area contributed by atoms with E-state index in [0.29, 0.717) is 28.7 Å². The van der Waals surface area contributed by atoms with E-state index in [0.717, 1.165) is 6.54 Å². The third-order valence-corrected chi connectivity index (χ3v) is 2.46. The third-order valence-electron chi connectivity index (χ3n) is 2.15. The summed E-state index contributed by atoms with van der Waals surface area (Å²) in [6.07, 6.45) is 0. The molecule has 0 aromatic carbocycles. The Bertz CT molecular complexity index is 528. The predicted octanol–water partition coefficient (Wildman–Crippen LogP) is 1.76. The fourth-order valence-corrected chi connectivity index (χ4v) is 1.70. The highest BCUT2D eigenvalue weighted by atomic mass is 32.1. The van der Waals surface area contributed by atoms with E-state index in [-0.39, 0.29) is 0 Å². The maximum Gasteiger partial charge on any atom is 0.195 e. The maximum atomic E-state index is 5.09. The zero-order valence-electron chi connectivity index (χ0n) is 9.06. The van der Waals surface area contributed by atoms with Crippen molar-refractivity contribution >= 4 is 12.2 Å². The van der Waals surface area contributed by atoms with E-state index in [9.17, 15) is 0 Å². The standard InChI is InChI=1S/C9H12N4O2S/c1-3-13-8(10-11-9(13)16)7-4-6(5-14-2)15-12-7/h4H,3,5H2,1-2H3,(H,11,16). The molecule has 2 rings (SSSR count). The lowest BCUT2D eigenvalue weighted by molar-refractivity contribution is 0.156. The number of nitrogens with one attached hydrogen (secondary N) is 1. The monoisotopic (exact) mass is 240 g/mol. The van der Waals surface area contributed by atoms with Gasteiger partial charge in [-0.2, -0.15) is 5.10 Å². The lowest BCUT2D eigenvalue weighted by atomic mass is 10.3.